The Kier molecular flexibility index (Phi) is 7.46. The van der Waals surface area contributed by atoms with E-state index in [0.29, 0.717) is 49.2 Å². The minimum atomic E-state index is -4.69. The second-order valence-electron chi connectivity index (χ2n) is 9.92. The van der Waals surface area contributed by atoms with Crippen LogP contribution in [0.15, 0.2) is 67.1 Å². The van der Waals surface area contributed by atoms with Gasteiger partial charge in [-0.2, -0.15) is 18.3 Å². The van der Waals surface area contributed by atoms with Crippen LogP contribution in [0.4, 0.5) is 39.5 Å². The molecule has 1 aliphatic rings. The largest absolute Gasteiger partial charge is 0.416 e. The summed E-state index contributed by atoms with van der Waals surface area (Å²) in [5.41, 5.74) is 9.87. The van der Waals surface area contributed by atoms with Crippen molar-refractivity contribution in [2.75, 3.05) is 42.7 Å². The number of hydrogen-bond acceptors (Lipinski definition) is 6. The number of nitrogen functional groups attached to an aromatic ring is 1. The van der Waals surface area contributed by atoms with Crippen molar-refractivity contribution >= 4 is 28.7 Å². The minimum absolute atomic E-state index is 0.288. The van der Waals surface area contributed by atoms with Crippen LogP contribution in [0.5, 0.6) is 0 Å². The molecule has 5 N–H and O–H groups in total. The van der Waals surface area contributed by atoms with Gasteiger partial charge in [-0.15, -0.1) is 0 Å². The maximum atomic E-state index is 14.1. The topological polar surface area (TPSA) is 126 Å². The Bertz CT molecular complexity index is 1760. The number of urea groups is 1. The summed E-state index contributed by atoms with van der Waals surface area (Å²) >= 11 is 0. The van der Waals surface area contributed by atoms with Gasteiger partial charge < -0.3 is 26.1 Å². The number of nitrogens with one attached hydrogen (secondary N) is 3. The van der Waals surface area contributed by atoms with Crippen LogP contribution >= 0.6 is 0 Å². The Labute approximate surface area is 242 Å². The molecule has 4 heterocycles. The molecule has 6 rings (SSSR count). The molecular weight excluding hydrogens is 568 g/mol. The Morgan fingerprint density at radius 1 is 1.05 bits per heavy atom. The van der Waals surface area contributed by atoms with Crippen molar-refractivity contribution in [2.24, 2.45) is 0 Å². The monoisotopic (exact) mass is 594 g/mol. The maximum Gasteiger partial charge on any atom is 0.416 e. The molecule has 0 bridgehead atoms. The van der Waals surface area contributed by atoms with Crippen LogP contribution in [0.25, 0.3) is 27.9 Å². The zero-order chi connectivity index (χ0) is 30.1. The molecule has 1 saturated heterocycles. The average Bonchev–Trinajstić information content (AvgIpc) is 3.62. The number of carbonyl (C=O) groups excluding carboxylic acids is 1. The fraction of sp³-hybridized carbons (Fsp3) is 0.207. The molecule has 43 heavy (non-hydrogen) atoms. The first-order chi connectivity index (χ1) is 20.7. The molecule has 0 unspecified atom stereocenters. The van der Waals surface area contributed by atoms with Crippen molar-refractivity contribution in [3.8, 4) is 22.4 Å². The van der Waals surface area contributed by atoms with Gasteiger partial charge in [0.1, 0.15) is 17.7 Å². The minimum Gasteiger partial charge on any atom is -0.382 e. The number of fused-ring (bicyclic) bond motifs is 1. The number of halogens is 4. The van der Waals surface area contributed by atoms with Gasteiger partial charge in [-0.05, 0) is 48.0 Å². The smallest absolute Gasteiger partial charge is 0.382 e. The summed E-state index contributed by atoms with van der Waals surface area (Å²) in [6.07, 6.45) is -1.45. The number of alkyl halides is 3. The van der Waals surface area contributed by atoms with Crippen LogP contribution in [0, 0.1) is 5.82 Å². The van der Waals surface area contributed by atoms with E-state index in [2.05, 4.69) is 30.6 Å². The Balaban J connectivity index is 1.33. The predicted molar refractivity (Wildman–Crippen MR) is 153 cm³/mol. The van der Waals surface area contributed by atoms with Crippen LogP contribution in [-0.4, -0.2) is 56.8 Å². The predicted octanol–water partition coefficient (Wildman–Crippen LogP) is 5.61. The normalized spacial score (nSPS) is 14.2. The van der Waals surface area contributed by atoms with E-state index < -0.39 is 29.3 Å². The molecule has 0 radical (unpaired) electrons. The van der Waals surface area contributed by atoms with Gasteiger partial charge in [0.15, 0.2) is 5.82 Å². The van der Waals surface area contributed by atoms with Gasteiger partial charge in [-0.25, -0.2) is 18.7 Å². The molecule has 0 saturated carbocycles. The molecule has 3 aromatic heterocycles. The van der Waals surface area contributed by atoms with Gasteiger partial charge in [0.2, 0.25) is 0 Å². The number of hydrogen-bond donors (Lipinski definition) is 4. The molecular formula is C29H26F4N8O2. The molecule has 2 aromatic carbocycles. The lowest BCUT2D eigenvalue weighted by Crippen LogP contribution is -2.36. The molecule has 2 amide bonds. The number of morpholine rings is 1. The molecule has 0 aliphatic carbocycles. The molecule has 222 valence electrons. The number of rotatable bonds is 6. The zero-order valence-electron chi connectivity index (χ0n) is 22.6. The van der Waals surface area contributed by atoms with Crippen molar-refractivity contribution in [2.45, 2.75) is 12.7 Å². The highest BCUT2D eigenvalue weighted by Crippen LogP contribution is 2.42. The number of aromatic amines is 1. The molecule has 5 aromatic rings. The third kappa shape index (κ3) is 5.74. The van der Waals surface area contributed by atoms with Gasteiger partial charge in [0.05, 0.1) is 30.2 Å². The van der Waals surface area contributed by atoms with Gasteiger partial charge in [-0.1, -0.05) is 12.1 Å². The van der Waals surface area contributed by atoms with E-state index in [1.807, 2.05) is 18.3 Å². The summed E-state index contributed by atoms with van der Waals surface area (Å²) in [6.45, 7) is 3.38. The number of ether oxygens (including phenoxy) is 1. The highest BCUT2D eigenvalue weighted by atomic mass is 19.4. The highest BCUT2D eigenvalue weighted by molar-refractivity contribution is 6.01. The molecule has 10 nitrogen and oxygen atoms in total. The molecule has 0 atom stereocenters. The second-order valence-corrected chi connectivity index (χ2v) is 9.92. The number of nitrogens with two attached hydrogens (primary N) is 1. The average molecular weight is 595 g/mol. The second kappa shape index (κ2) is 11.4. The fourth-order valence-corrected chi connectivity index (χ4v) is 5.15. The number of H-pyrrole nitrogens is 1. The van der Waals surface area contributed by atoms with E-state index in [1.165, 1.54) is 6.33 Å². The van der Waals surface area contributed by atoms with Crippen LogP contribution in [0.3, 0.4) is 0 Å². The first kappa shape index (κ1) is 28.2. The van der Waals surface area contributed by atoms with E-state index in [0.717, 1.165) is 41.2 Å². The fourth-order valence-electron chi connectivity index (χ4n) is 5.15. The SMILES string of the molecule is Nc1ncnn2c(CN3CCOCC3)c(-c3ccc[nH]3)c(-c3ccc(NC(=O)Nc4cc(C(F)(F)F)ccc4F)cc3)c12. The summed E-state index contributed by atoms with van der Waals surface area (Å²) in [7, 11) is 0. The van der Waals surface area contributed by atoms with Crippen molar-refractivity contribution in [1.29, 1.82) is 0 Å². The molecule has 14 heteroatoms. The summed E-state index contributed by atoms with van der Waals surface area (Å²) < 4.78 is 60.6. The van der Waals surface area contributed by atoms with E-state index in [4.69, 9.17) is 10.5 Å². The van der Waals surface area contributed by atoms with Crippen molar-refractivity contribution in [1.82, 2.24) is 24.5 Å². The quantitative estimate of drug-likeness (QED) is 0.190. The van der Waals surface area contributed by atoms with Crippen molar-refractivity contribution in [3.05, 3.63) is 84.2 Å². The Morgan fingerprint density at radius 2 is 1.81 bits per heavy atom. The van der Waals surface area contributed by atoms with Crippen LogP contribution in [0.1, 0.15) is 11.3 Å². The summed E-state index contributed by atoms with van der Waals surface area (Å²) in [4.78, 5) is 22.3. The Hall–Kier alpha value is -4.95. The number of aromatic nitrogens is 4. The lowest BCUT2D eigenvalue weighted by Gasteiger charge is -2.26. The van der Waals surface area contributed by atoms with E-state index in [1.54, 1.807) is 28.8 Å². The van der Waals surface area contributed by atoms with Gasteiger partial charge in [-0.3, -0.25) is 4.90 Å². The van der Waals surface area contributed by atoms with Crippen LogP contribution in [0.2, 0.25) is 0 Å². The maximum absolute atomic E-state index is 14.1. The lowest BCUT2D eigenvalue weighted by atomic mass is 9.98. The Morgan fingerprint density at radius 3 is 2.51 bits per heavy atom. The lowest BCUT2D eigenvalue weighted by molar-refractivity contribution is -0.137. The van der Waals surface area contributed by atoms with Crippen molar-refractivity contribution < 1.29 is 27.1 Å². The third-order valence-electron chi connectivity index (χ3n) is 7.17. The number of anilines is 3. The van der Waals surface area contributed by atoms with Gasteiger partial charge in [0, 0.05) is 48.3 Å². The first-order valence-corrected chi connectivity index (χ1v) is 13.3. The molecule has 0 spiro atoms. The van der Waals surface area contributed by atoms with Crippen LogP contribution in [-0.2, 0) is 17.5 Å². The number of amides is 2. The number of nitrogens with zero attached hydrogens (tertiary/aromatic N) is 4. The van der Waals surface area contributed by atoms with Gasteiger partial charge >= 0.3 is 12.2 Å². The zero-order valence-corrected chi connectivity index (χ0v) is 22.6. The van der Waals surface area contributed by atoms with Crippen molar-refractivity contribution in [3.63, 3.8) is 0 Å². The summed E-state index contributed by atoms with van der Waals surface area (Å²) in [5, 5.41) is 9.20. The molecule has 1 fully saturated rings. The highest BCUT2D eigenvalue weighted by Gasteiger charge is 2.31. The standard InChI is InChI=1S/C29H26F4N8O2/c30-20-8-5-18(29(31,32)33)14-22(20)39-28(42)38-19-6-3-17(4-7-19)24-25(21-2-1-9-35-21)23(15-40-10-12-43-13-11-40)41-26(24)27(34)36-16-37-41/h1-9,14,16,35H,10-13,15H2,(H2,34,36,37)(H2,38,39,42). The molecule has 1 aliphatic heterocycles. The third-order valence-corrected chi connectivity index (χ3v) is 7.17. The number of benzene rings is 2. The van der Waals surface area contributed by atoms with E-state index in [9.17, 15) is 22.4 Å². The first-order valence-electron chi connectivity index (χ1n) is 13.3. The summed E-state index contributed by atoms with van der Waals surface area (Å²) in [5.74, 6) is -0.709. The van der Waals surface area contributed by atoms with Gasteiger partial charge in [0.25, 0.3) is 0 Å². The van der Waals surface area contributed by atoms with E-state index >= 15 is 0 Å². The summed E-state index contributed by atoms with van der Waals surface area (Å²) in [6, 6.07) is 11.5. The number of carbonyl (C=O) groups is 1. The van der Waals surface area contributed by atoms with E-state index in [-0.39, 0.29) is 5.82 Å². The van der Waals surface area contributed by atoms with Crippen LogP contribution < -0.4 is 16.4 Å².